The molecule has 16 heavy (non-hydrogen) atoms. The van der Waals surface area contributed by atoms with Gasteiger partial charge in [-0.15, -0.1) is 5.10 Å². The largest absolute Gasteiger partial charge is 0.376 e. The van der Waals surface area contributed by atoms with Gasteiger partial charge in [-0.05, 0) is 25.3 Å². The molecule has 0 amide bonds. The first-order valence-corrected chi connectivity index (χ1v) is 5.68. The summed E-state index contributed by atoms with van der Waals surface area (Å²) in [5.74, 6) is 0. The number of nitrogens with zero attached hydrogens (tertiary/aromatic N) is 4. The van der Waals surface area contributed by atoms with E-state index in [4.69, 9.17) is 4.74 Å². The van der Waals surface area contributed by atoms with Gasteiger partial charge in [-0.1, -0.05) is 5.21 Å². The van der Waals surface area contributed by atoms with Gasteiger partial charge in [0.2, 0.25) is 0 Å². The standard InChI is InChI=1S/C11H14N4O/c1-2-6-16-9(3-1)8-15-11-4-5-12-7-10(11)13-14-15/h4-5,7,9H,1-3,6,8H2. The molecule has 2 aromatic heterocycles. The first-order chi connectivity index (χ1) is 7.93. The molecule has 0 spiro atoms. The van der Waals surface area contributed by atoms with E-state index in [2.05, 4.69) is 15.3 Å². The maximum Gasteiger partial charge on any atom is 0.131 e. The van der Waals surface area contributed by atoms with Crippen molar-refractivity contribution in [2.24, 2.45) is 0 Å². The molecule has 1 unspecified atom stereocenters. The molecule has 1 aliphatic heterocycles. The van der Waals surface area contributed by atoms with E-state index in [-0.39, 0.29) is 6.10 Å². The van der Waals surface area contributed by atoms with E-state index in [1.165, 1.54) is 12.8 Å². The molecule has 0 aliphatic carbocycles. The Hall–Kier alpha value is -1.49. The second-order valence-corrected chi connectivity index (χ2v) is 4.12. The van der Waals surface area contributed by atoms with Gasteiger partial charge in [0.15, 0.2) is 0 Å². The third-order valence-corrected chi connectivity index (χ3v) is 2.97. The van der Waals surface area contributed by atoms with E-state index in [1.807, 2.05) is 10.7 Å². The minimum atomic E-state index is 0.284. The highest BCUT2D eigenvalue weighted by molar-refractivity contribution is 5.72. The molecule has 84 valence electrons. The number of fused-ring (bicyclic) bond motifs is 1. The van der Waals surface area contributed by atoms with Crippen LogP contribution in [0, 0.1) is 0 Å². The maximum absolute atomic E-state index is 5.70. The normalized spacial score (nSPS) is 21.4. The Bertz CT molecular complexity index is 476. The van der Waals surface area contributed by atoms with E-state index >= 15 is 0 Å². The van der Waals surface area contributed by atoms with Crippen molar-refractivity contribution in [1.82, 2.24) is 20.0 Å². The van der Waals surface area contributed by atoms with Crippen molar-refractivity contribution < 1.29 is 4.74 Å². The molecule has 5 heteroatoms. The summed E-state index contributed by atoms with van der Waals surface area (Å²) in [6.07, 6.45) is 7.33. The molecule has 1 aliphatic rings. The molecule has 3 heterocycles. The fourth-order valence-corrected chi connectivity index (χ4v) is 2.10. The Morgan fingerprint density at radius 3 is 3.31 bits per heavy atom. The minimum absolute atomic E-state index is 0.284. The van der Waals surface area contributed by atoms with Crippen LogP contribution in [0.5, 0.6) is 0 Å². The molecule has 5 nitrogen and oxygen atoms in total. The zero-order chi connectivity index (χ0) is 10.8. The monoisotopic (exact) mass is 218 g/mol. The highest BCUT2D eigenvalue weighted by atomic mass is 16.5. The smallest absolute Gasteiger partial charge is 0.131 e. The van der Waals surface area contributed by atoms with Crippen molar-refractivity contribution in [1.29, 1.82) is 0 Å². The summed E-state index contributed by atoms with van der Waals surface area (Å²) in [5.41, 5.74) is 1.88. The lowest BCUT2D eigenvalue weighted by Crippen LogP contribution is -2.24. The van der Waals surface area contributed by atoms with Gasteiger partial charge >= 0.3 is 0 Å². The van der Waals surface area contributed by atoms with Crippen molar-refractivity contribution in [3.8, 4) is 0 Å². The van der Waals surface area contributed by atoms with Crippen molar-refractivity contribution in [2.45, 2.75) is 31.9 Å². The molecule has 0 bridgehead atoms. The van der Waals surface area contributed by atoms with Gasteiger partial charge in [-0.2, -0.15) is 0 Å². The Kier molecular flexibility index (Phi) is 2.53. The quantitative estimate of drug-likeness (QED) is 0.764. The Morgan fingerprint density at radius 1 is 1.44 bits per heavy atom. The lowest BCUT2D eigenvalue weighted by Gasteiger charge is -2.22. The van der Waals surface area contributed by atoms with Crippen LogP contribution in [-0.4, -0.2) is 32.7 Å². The van der Waals surface area contributed by atoms with Crippen LogP contribution < -0.4 is 0 Å². The highest BCUT2D eigenvalue weighted by Gasteiger charge is 2.16. The van der Waals surface area contributed by atoms with Crippen LogP contribution in [0.1, 0.15) is 19.3 Å². The van der Waals surface area contributed by atoms with E-state index < -0.39 is 0 Å². The van der Waals surface area contributed by atoms with Gasteiger partial charge < -0.3 is 4.74 Å². The van der Waals surface area contributed by atoms with Gasteiger partial charge in [0.1, 0.15) is 5.52 Å². The third kappa shape index (κ3) is 1.78. The topological polar surface area (TPSA) is 52.8 Å². The predicted octanol–water partition coefficient (Wildman–Crippen LogP) is 1.40. The number of pyridine rings is 1. The van der Waals surface area contributed by atoms with E-state index in [0.717, 1.165) is 30.6 Å². The summed E-state index contributed by atoms with van der Waals surface area (Å²) in [7, 11) is 0. The molecular weight excluding hydrogens is 204 g/mol. The van der Waals surface area contributed by atoms with E-state index in [1.54, 1.807) is 12.4 Å². The average Bonchev–Trinajstić information content (AvgIpc) is 2.74. The summed E-state index contributed by atoms with van der Waals surface area (Å²) < 4.78 is 7.61. The fourth-order valence-electron chi connectivity index (χ4n) is 2.10. The third-order valence-electron chi connectivity index (χ3n) is 2.97. The summed E-state index contributed by atoms with van der Waals surface area (Å²) in [6, 6.07) is 1.94. The first kappa shape index (κ1) is 9.72. The summed E-state index contributed by atoms with van der Waals surface area (Å²) in [4.78, 5) is 4.03. The lowest BCUT2D eigenvalue weighted by molar-refractivity contribution is 0.00443. The molecule has 1 atom stereocenters. The summed E-state index contributed by atoms with van der Waals surface area (Å²) in [5, 5.41) is 8.22. The lowest BCUT2D eigenvalue weighted by atomic mass is 10.1. The van der Waals surface area contributed by atoms with Crippen LogP contribution in [0.25, 0.3) is 11.0 Å². The van der Waals surface area contributed by atoms with Gasteiger partial charge in [-0.25, -0.2) is 4.68 Å². The molecule has 0 aromatic carbocycles. The SMILES string of the molecule is c1cc2c(cn1)nnn2CC1CCCCO1. The first-order valence-electron chi connectivity index (χ1n) is 5.68. The zero-order valence-electron chi connectivity index (χ0n) is 9.04. The molecule has 1 saturated heterocycles. The molecule has 2 aromatic rings. The Balaban J connectivity index is 1.83. The second kappa shape index (κ2) is 4.17. The number of hydrogen-bond acceptors (Lipinski definition) is 4. The van der Waals surface area contributed by atoms with Crippen molar-refractivity contribution in [3.63, 3.8) is 0 Å². The van der Waals surface area contributed by atoms with Crippen molar-refractivity contribution in [2.75, 3.05) is 6.61 Å². The molecule has 0 N–H and O–H groups in total. The van der Waals surface area contributed by atoms with Gasteiger partial charge in [0.25, 0.3) is 0 Å². The predicted molar refractivity (Wildman–Crippen MR) is 58.9 cm³/mol. The average molecular weight is 218 g/mol. The van der Waals surface area contributed by atoms with Crippen LogP contribution in [0.15, 0.2) is 18.5 Å². The number of aromatic nitrogens is 4. The second-order valence-electron chi connectivity index (χ2n) is 4.12. The van der Waals surface area contributed by atoms with E-state index in [0.29, 0.717) is 0 Å². The summed E-state index contributed by atoms with van der Waals surface area (Å²) in [6.45, 7) is 1.67. The minimum Gasteiger partial charge on any atom is -0.376 e. The number of ether oxygens (including phenoxy) is 1. The van der Waals surface area contributed by atoms with Gasteiger partial charge in [0, 0.05) is 12.8 Å². The van der Waals surface area contributed by atoms with Crippen LogP contribution in [0.3, 0.4) is 0 Å². The molecule has 1 fully saturated rings. The summed E-state index contributed by atoms with van der Waals surface area (Å²) >= 11 is 0. The van der Waals surface area contributed by atoms with E-state index in [9.17, 15) is 0 Å². The van der Waals surface area contributed by atoms with Crippen LogP contribution >= 0.6 is 0 Å². The molecule has 0 radical (unpaired) electrons. The van der Waals surface area contributed by atoms with Crippen LogP contribution in [0.2, 0.25) is 0 Å². The number of hydrogen-bond donors (Lipinski definition) is 0. The van der Waals surface area contributed by atoms with Crippen molar-refractivity contribution in [3.05, 3.63) is 18.5 Å². The Labute approximate surface area is 93.4 Å². The zero-order valence-corrected chi connectivity index (χ0v) is 9.04. The molecule has 0 saturated carbocycles. The van der Waals surface area contributed by atoms with Crippen molar-refractivity contribution >= 4 is 11.0 Å². The fraction of sp³-hybridized carbons (Fsp3) is 0.545. The van der Waals surface area contributed by atoms with Crippen LogP contribution in [-0.2, 0) is 11.3 Å². The molecule has 3 rings (SSSR count). The van der Waals surface area contributed by atoms with Gasteiger partial charge in [-0.3, -0.25) is 4.98 Å². The Morgan fingerprint density at radius 2 is 2.44 bits per heavy atom. The maximum atomic E-state index is 5.70. The highest BCUT2D eigenvalue weighted by Crippen LogP contribution is 2.16. The van der Waals surface area contributed by atoms with Gasteiger partial charge in [0.05, 0.1) is 24.4 Å². The van der Waals surface area contributed by atoms with Crippen LogP contribution in [0.4, 0.5) is 0 Å². The molecular formula is C11H14N4O. The number of rotatable bonds is 2.